The summed E-state index contributed by atoms with van der Waals surface area (Å²) < 4.78 is 33.7. The van der Waals surface area contributed by atoms with Gasteiger partial charge in [-0.15, -0.1) is 5.10 Å². The van der Waals surface area contributed by atoms with E-state index in [0.29, 0.717) is 10.2 Å². The van der Waals surface area contributed by atoms with Gasteiger partial charge in [-0.25, -0.2) is 14.0 Å². The van der Waals surface area contributed by atoms with Crippen LogP contribution in [0.3, 0.4) is 0 Å². The lowest BCUT2D eigenvalue weighted by Crippen LogP contribution is -2.27. The Balaban J connectivity index is 1.64. The zero-order valence-corrected chi connectivity index (χ0v) is 18.9. The second kappa shape index (κ2) is 10.6. The molecular weight excluding hydrogens is 469 g/mol. The number of ether oxygens (including phenoxy) is 2. The van der Waals surface area contributed by atoms with E-state index in [0.717, 1.165) is 12.1 Å². The molecular formula is C22H20FN3O9. The average Bonchev–Trinajstić information content (AvgIpc) is 3.32. The summed E-state index contributed by atoms with van der Waals surface area (Å²) in [6.07, 6.45) is 0. The fraction of sp³-hybridized carbons (Fsp3) is 0.273. The molecule has 0 fully saturated rings. The number of aryl methyl sites for hydroxylation is 1. The summed E-state index contributed by atoms with van der Waals surface area (Å²) in [7, 11) is 0. The Kier molecular flexibility index (Phi) is 7.59. The topological polar surface area (TPSA) is 160 Å². The van der Waals surface area contributed by atoms with Gasteiger partial charge in [-0.2, -0.15) is 4.68 Å². The number of hydrogen-bond acceptors (Lipinski definition) is 10. The van der Waals surface area contributed by atoms with Crippen LogP contribution >= 0.6 is 0 Å². The summed E-state index contributed by atoms with van der Waals surface area (Å²) in [6, 6.07) is 4.97. The molecule has 0 saturated heterocycles. The number of nitrogens with zero attached hydrogens (tertiary/aromatic N) is 2. The number of benzene rings is 1. The number of ketones is 1. The number of anilines is 1. The predicted octanol–water partition coefficient (Wildman–Crippen LogP) is 2.11. The quantitative estimate of drug-likeness (QED) is 0.348. The minimum atomic E-state index is -0.994. The van der Waals surface area contributed by atoms with Gasteiger partial charge in [-0.05, 0) is 45.0 Å². The molecule has 1 amide bonds. The smallest absolute Gasteiger partial charge is 0.437 e. The monoisotopic (exact) mass is 489 g/mol. The van der Waals surface area contributed by atoms with Gasteiger partial charge in [0, 0.05) is 5.56 Å². The van der Waals surface area contributed by atoms with E-state index in [9.17, 15) is 28.4 Å². The molecule has 0 unspecified atom stereocenters. The fourth-order valence-electron chi connectivity index (χ4n) is 3.05. The first-order valence-electron chi connectivity index (χ1n) is 10.2. The summed E-state index contributed by atoms with van der Waals surface area (Å²) in [4.78, 5) is 60.4. The molecule has 3 aromatic rings. The van der Waals surface area contributed by atoms with E-state index in [-0.39, 0.29) is 35.3 Å². The van der Waals surface area contributed by atoms with Crippen molar-refractivity contribution in [2.75, 3.05) is 18.5 Å². The Morgan fingerprint density at radius 2 is 1.77 bits per heavy atom. The summed E-state index contributed by atoms with van der Waals surface area (Å²) in [5.74, 6) is -5.05. The van der Waals surface area contributed by atoms with E-state index in [4.69, 9.17) is 18.3 Å². The van der Waals surface area contributed by atoms with Crippen molar-refractivity contribution in [1.82, 2.24) is 9.78 Å². The molecule has 0 bridgehead atoms. The maximum Gasteiger partial charge on any atom is 0.437 e. The number of halogens is 1. The van der Waals surface area contributed by atoms with Crippen molar-refractivity contribution in [2.45, 2.75) is 27.3 Å². The van der Waals surface area contributed by atoms with E-state index in [2.05, 4.69) is 10.4 Å². The highest BCUT2D eigenvalue weighted by Gasteiger charge is 2.29. The molecule has 0 atom stereocenters. The molecule has 1 aromatic carbocycles. The van der Waals surface area contributed by atoms with E-state index in [1.165, 1.54) is 26.0 Å². The van der Waals surface area contributed by atoms with Gasteiger partial charge < -0.3 is 18.3 Å². The van der Waals surface area contributed by atoms with Gasteiger partial charge in [0.1, 0.15) is 23.7 Å². The zero-order valence-electron chi connectivity index (χ0n) is 18.9. The third-order valence-electron chi connectivity index (χ3n) is 4.51. The molecule has 35 heavy (non-hydrogen) atoms. The summed E-state index contributed by atoms with van der Waals surface area (Å²) in [5, 5.41) is 6.09. The number of amides is 1. The third-order valence-corrected chi connectivity index (χ3v) is 4.51. The number of hydrogen-bond donors (Lipinski definition) is 1. The molecule has 0 radical (unpaired) electrons. The van der Waals surface area contributed by atoms with Gasteiger partial charge in [0.25, 0.3) is 5.91 Å². The molecule has 0 saturated carbocycles. The van der Waals surface area contributed by atoms with Crippen molar-refractivity contribution in [3.05, 3.63) is 57.5 Å². The van der Waals surface area contributed by atoms with Gasteiger partial charge in [0.15, 0.2) is 12.4 Å². The first-order valence-corrected chi connectivity index (χ1v) is 10.2. The zero-order chi connectivity index (χ0) is 25.7. The number of nitrogens with one attached hydrogen (secondary N) is 1. The van der Waals surface area contributed by atoms with Crippen LogP contribution in [0.5, 0.6) is 0 Å². The molecule has 0 aliphatic carbocycles. The third kappa shape index (κ3) is 5.88. The largest absolute Gasteiger partial charge is 0.462 e. The molecule has 2 aromatic heterocycles. The van der Waals surface area contributed by atoms with Crippen LogP contribution in [0, 0.1) is 12.7 Å². The second-order valence-electron chi connectivity index (χ2n) is 7.06. The normalized spacial score (nSPS) is 10.6. The highest BCUT2D eigenvalue weighted by atomic mass is 19.1. The first-order chi connectivity index (χ1) is 16.6. The lowest BCUT2D eigenvalue weighted by Gasteiger charge is -2.07. The molecule has 0 aliphatic heterocycles. The first kappa shape index (κ1) is 25.1. The maximum atomic E-state index is 13.0. The number of Topliss-reactive ketones (excluding diaryl/α,β-unsaturated/α-hetero) is 1. The van der Waals surface area contributed by atoms with Crippen LogP contribution in [-0.2, 0) is 25.6 Å². The van der Waals surface area contributed by atoms with E-state index in [1.54, 1.807) is 6.92 Å². The Morgan fingerprint density at radius 1 is 1.09 bits per heavy atom. The molecule has 184 valence electrons. The molecule has 0 aliphatic rings. The van der Waals surface area contributed by atoms with Crippen molar-refractivity contribution in [3.8, 4) is 11.5 Å². The van der Waals surface area contributed by atoms with Gasteiger partial charge in [0.2, 0.25) is 11.8 Å². The Bertz CT molecular complexity index is 1340. The van der Waals surface area contributed by atoms with E-state index in [1.807, 2.05) is 0 Å². The van der Waals surface area contributed by atoms with E-state index >= 15 is 0 Å². The van der Waals surface area contributed by atoms with Crippen LogP contribution < -0.4 is 11.1 Å². The average molecular weight is 489 g/mol. The van der Waals surface area contributed by atoms with Crippen molar-refractivity contribution in [2.24, 2.45) is 0 Å². The van der Waals surface area contributed by atoms with Crippen molar-refractivity contribution in [1.29, 1.82) is 0 Å². The number of rotatable bonds is 9. The highest BCUT2D eigenvalue weighted by molar-refractivity contribution is 6.10. The van der Waals surface area contributed by atoms with Crippen LogP contribution in [0.25, 0.3) is 11.5 Å². The van der Waals surface area contributed by atoms with Gasteiger partial charge in [-0.3, -0.25) is 19.7 Å². The highest BCUT2D eigenvalue weighted by Crippen LogP contribution is 2.28. The van der Waals surface area contributed by atoms with Crippen LogP contribution in [0.1, 0.15) is 40.3 Å². The number of carbonyl (C=O) groups excluding carboxylic acids is 4. The predicted molar refractivity (Wildman–Crippen MR) is 115 cm³/mol. The summed E-state index contributed by atoms with van der Waals surface area (Å²) in [6.45, 7) is 2.79. The van der Waals surface area contributed by atoms with Crippen molar-refractivity contribution < 1.29 is 41.9 Å². The number of furan rings is 1. The summed E-state index contributed by atoms with van der Waals surface area (Å²) in [5.41, 5.74) is 0.0168. The molecule has 0 spiro atoms. The van der Waals surface area contributed by atoms with Crippen LogP contribution in [0.15, 0.2) is 37.9 Å². The number of carbonyl (C=O) groups is 4. The van der Waals surface area contributed by atoms with Gasteiger partial charge in [-0.1, -0.05) is 0 Å². The molecule has 1 N–H and O–H groups in total. The maximum absolute atomic E-state index is 13.0. The molecule has 3 rings (SSSR count). The van der Waals surface area contributed by atoms with Crippen molar-refractivity contribution >= 4 is 29.5 Å². The SMILES string of the molecule is CCOC(=O)c1c(NC(=O)COC(=O)Cn2nc(-c3ccc(F)cc3)oc2=O)oc(C)c1C(C)=O. The number of esters is 2. The van der Waals surface area contributed by atoms with Crippen molar-refractivity contribution in [3.63, 3.8) is 0 Å². The Labute approximate surface area is 196 Å². The van der Waals surface area contributed by atoms with Gasteiger partial charge >= 0.3 is 17.7 Å². The van der Waals surface area contributed by atoms with Crippen LogP contribution in [0.2, 0.25) is 0 Å². The van der Waals surface area contributed by atoms with Crippen LogP contribution in [-0.4, -0.2) is 46.6 Å². The fourth-order valence-corrected chi connectivity index (χ4v) is 3.05. The minimum absolute atomic E-state index is 0.0235. The second-order valence-corrected chi connectivity index (χ2v) is 7.06. The molecule has 2 heterocycles. The van der Waals surface area contributed by atoms with E-state index < -0.39 is 48.4 Å². The summed E-state index contributed by atoms with van der Waals surface area (Å²) >= 11 is 0. The molecule has 12 nitrogen and oxygen atoms in total. The lowest BCUT2D eigenvalue weighted by molar-refractivity contribution is -0.148. The Hall–Kier alpha value is -4.55. The molecule has 13 heteroatoms. The standard InChI is InChI=1S/C22H20FN3O9/c1-4-32-21(30)18-17(11(2)27)12(3)34-20(18)24-15(28)10-33-16(29)9-26-22(31)35-19(25-26)13-5-7-14(23)8-6-13/h5-8H,4,9-10H2,1-3H3,(H,24,28). The number of aromatic nitrogens is 2. The lowest BCUT2D eigenvalue weighted by atomic mass is 10.1. The minimum Gasteiger partial charge on any atom is -0.462 e. The Morgan fingerprint density at radius 3 is 2.40 bits per heavy atom. The van der Waals surface area contributed by atoms with Crippen LogP contribution in [0.4, 0.5) is 10.3 Å². The van der Waals surface area contributed by atoms with Gasteiger partial charge in [0.05, 0.1) is 12.2 Å².